The molecule has 0 unspecified atom stereocenters. The van der Waals surface area contributed by atoms with E-state index < -0.39 is 0 Å². The molecule has 1 amide bonds. The van der Waals surface area contributed by atoms with Crippen molar-refractivity contribution in [3.8, 4) is 0 Å². The highest BCUT2D eigenvalue weighted by Gasteiger charge is 2.13. The van der Waals surface area contributed by atoms with Gasteiger partial charge in [-0.15, -0.1) is 0 Å². The van der Waals surface area contributed by atoms with Crippen molar-refractivity contribution in [2.45, 2.75) is 13.0 Å². The van der Waals surface area contributed by atoms with Gasteiger partial charge in [0.2, 0.25) is 5.91 Å². The van der Waals surface area contributed by atoms with E-state index in [0.29, 0.717) is 5.02 Å². The molecule has 3 nitrogen and oxygen atoms in total. The normalized spacial score (nSPS) is 14.7. The van der Waals surface area contributed by atoms with Gasteiger partial charge in [0.25, 0.3) is 0 Å². The Bertz CT molecular complexity index is 755. The van der Waals surface area contributed by atoms with Crippen LogP contribution in [0, 0.1) is 0 Å². The Morgan fingerprint density at radius 1 is 1.22 bits per heavy atom. The molecule has 0 aromatic heterocycles. The smallest absolute Gasteiger partial charge is 0.248 e. The maximum absolute atomic E-state index is 12.1. The van der Waals surface area contributed by atoms with Gasteiger partial charge in [0, 0.05) is 29.9 Å². The van der Waals surface area contributed by atoms with Crippen LogP contribution in [0.15, 0.2) is 48.5 Å². The molecular weight excluding hydrogens is 308 g/mol. The number of amides is 1. The number of halogens is 1. The van der Waals surface area contributed by atoms with Crippen LogP contribution in [0.1, 0.15) is 16.7 Å². The molecule has 1 heterocycles. The van der Waals surface area contributed by atoms with Crippen LogP contribution >= 0.6 is 11.6 Å². The summed E-state index contributed by atoms with van der Waals surface area (Å²) in [5.74, 6) is -0.158. The van der Waals surface area contributed by atoms with Crippen molar-refractivity contribution in [1.29, 1.82) is 0 Å². The van der Waals surface area contributed by atoms with E-state index in [4.69, 9.17) is 11.6 Å². The summed E-state index contributed by atoms with van der Waals surface area (Å²) in [6.07, 6.45) is 4.29. The molecule has 0 aliphatic carbocycles. The van der Waals surface area contributed by atoms with Crippen LogP contribution in [-0.4, -0.2) is 24.4 Å². The third-order valence-electron chi connectivity index (χ3n) is 4.00. The Labute approximate surface area is 141 Å². The zero-order chi connectivity index (χ0) is 16.2. The number of carbonyl (C=O) groups excluding carboxylic acids is 1. The number of rotatable bonds is 3. The molecule has 0 saturated heterocycles. The molecular formula is C19H19ClN2O. The van der Waals surface area contributed by atoms with Crippen LogP contribution in [0.3, 0.4) is 0 Å². The lowest BCUT2D eigenvalue weighted by atomic mass is 9.99. The standard InChI is InChI=1S/C19H19ClN2O/c1-22-11-10-14-6-8-17(12-16(14)13-22)21-19(23)9-7-15-4-2-3-5-18(15)20/h2-9,12H,10-11,13H2,1H3,(H,21,23). The van der Waals surface area contributed by atoms with E-state index in [2.05, 4.69) is 29.4 Å². The molecule has 23 heavy (non-hydrogen) atoms. The Morgan fingerprint density at radius 2 is 2.04 bits per heavy atom. The second-order valence-corrected chi connectivity index (χ2v) is 6.22. The fourth-order valence-corrected chi connectivity index (χ4v) is 2.93. The summed E-state index contributed by atoms with van der Waals surface area (Å²) in [7, 11) is 2.11. The van der Waals surface area contributed by atoms with E-state index >= 15 is 0 Å². The maximum Gasteiger partial charge on any atom is 0.248 e. The monoisotopic (exact) mass is 326 g/mol. The van der Waals surface area contributed by atoms with Crippen molar-refractivity contribution in [3.63, 3.8) is 0 Å². The van der Waals surface area contributed by atoms with Gasteiger partial charge >= 0.3 is 0 Å². The maximum atomic E-state index is 12.1. The van der Waals surface area contributed by atoms with Gasteiger partial charge in [0.15, 0.2) is 0 Å². The van der Waals surface area contributed by atoms with Gasteiger partial charge in [-0.1, -0.05) is 35.9 Å². The largest absolute Gasteiger partial charge is 0.323 e. The first-order valence-electron chi connectivity index (χ1n) is 7.66. The molecule has 0 bridgehead atoms. The predicted molar refractivity (Wildman–Crippen MR) is 95.6 cm³/mol. The number of benzene rings is 2. The third kappa shape index (κ3) is 4.01. The van der Waals surface area contributed by atoms with E-state index in [1.165, 1.54) is 17.2 Å². The third-order valence-corrected chi connectivity index (χ3v) is 4.34. The van der Waals surface area contributed by atoms with Gasteiger partial charge in [-0.3, -0.25) is 4.79 Å². The fourth-order valence-electron chi connectivity index (χ4n) is 2.74. The number of likely N-dealkylation sites (N-methyl/N-ethyl adjacent to an activating group) is 1. The lowest BCUT2D eigenvalue weighted by Gasteiger charge is -2.25. The molecule has 1 aliphatic rings. The zero-order valence-electron chi connectivity index (χ0n) is 13.1. The summed E-state index contributed by atoms with van der Waals surface area (Å²) < 4.78 is 0. The van der Waals surface area contributed by atoms with Gasteiger partial charge in [-0.25, -0.2) is 0 Å². The first-order chi connectivity index (χ1) is 11.1. The van der Waals surface area contributed by atoms with Crippen LogP contribution in [0.5, 0.6) is 0 Å². The summed E-state index contributed by atoms with van der Waals surface area (Å²) in [6, 6.07) is 13.6. The molecule has 2 aromatic rings. The van der Waals surface area contributed by atoms with Crippen LogP contribution < -0.4 is 5.32 Å². The van der Waals surface area contributed by atoms with Crippen molar-refractivity contribution in [2.75, 3.05) is 18.9 Å². The highest BCUT2D eigenvalue weighted by Crippen LogP contribution is 2.22. The molecule has 3 rings (SSSR count). The van der Waals surface area contributed by atoms with Gasteiger partial charge in [-0.05, 0) is 54.4 Å². The molecule has 0 saturated carbocycles. The van der Waals surface area contributed by atoms with Crippen LogP contribution in [0.4, 0.5) is 5.69 Å². The van der Waals surface area contributed by atoms with Crippen LogP contribution in [0.25, 0.3) is 6.08 Å². The molecule has 1 aliphatic heterocycles. The summed E-state index contributed by atoms with van der Waals surface area (Å²) in [4.78, 5) is 14.4. The lowest BCUT2D eigenvalue weighted by molar-refractivity contribution is -0.111. The van der Waals surface area contributed by atoms with E-state index in [1.807, 2.05) is 24.3 Å². The minimum absolute atomic E-state index is 0.158. The Morgan fingerprint density at radius 3 is 2.87 bits per heavy atom. The molecule has 0 radical (unpaired) electrons. The minimum Gasteiger partial charge on any atom is -0.323 e. The number of hydrogen-bond acceptors (Lipinski definition) is 2. The van der Waals surface area contributed by atoms with Crippen molar-refractivity contribution in [3.05, 3.63) is 70.3 Å². The van der Waals surface area contributed by atoms with Crippen molar-refractivity contribution in [2.24, 2.45) is 0 Å². The Kier molecular flexibility index (Phi) is 4.79. The molecule has 4 heteroatoms. The SMILES string of the molecule is CN1CCc2ccc(NC(=O)C=Cc3ccccc3Cl)cc2C1. The minimum atomic E-state index is -0.158. The number of nitrogens with zero attached hydrogens (tertiary/aromatic N) is 1. The van der Waals surface area contributed by atoms with Gasteiger partial charge in [-0.2, -0.15) is 0 Å². The number of hydrogen-bond donors (Lipinski definition) is 1. The molecule has 1 N–H and O–H groups in total. The van der Waals surface area contributed by atoms with Crippen LogP contribution in [-0.2, 0) is 17.8 Å². The molecule has 2 aromatic carbocycles. The molecule has 0 atom stereocenters. The fraction of sp³-hybridized carbons (Fsp3) is 0.211. The first kappa shape index (κ1) is 15.8. The number of carbonyl (C=O) groups is 1. The lowest BCUT2D eigenvalue weighted by Crippen LogP contribution is -2.26. The highest BCUT2D eigenvalue weighted by molar-refractivity contribution is 6.32. The van der Waals surface area contributed by atoms with E-state index in [0.717, 1.165) is 30.8 Å². The number of nitrogens with one attached hydrogen (secondary N) is 1. The van der Waals surface area contributed by atoms with E-state index in [9.17, 15) is 4.79 Å². The average molecular weight is 327 g/mol. The highest BCUT2D eigenvalue weighted by atomic mass is 35.5. The second kappa shape index (κ2) is 6.99. The summed E-state index contributed by atoms with van der Waals surface area (Å²) in [5, 5.41) is 3.54. The first-order valence-corrected chi connectivity index (χ1v) is 8.03. The Hall–Kier alpha value is -2.10. The topological polar surface area (TPSA) is 32.3 Å². The average Bonchev–Trinajstić information content (AvgIpc) is 2.54. The predicted octanol–water partition coefficient (Wildman–Crippen LogP) is 3.98. The van der Waals surface area contributed by atoms with Crippen molar-refractivity contribution < 1.29 is 4.79 Å². The van der Waals surface area contributed by atoms with Gasteiger partial charge in [0.1, 0.15) is 0 Å². The van der Waals surface area contributed by atoms with Gasteiger partial charge < -0.3 is 10.2 Å². The Balaban J connectivity index is 1.69. The van der Waals surface area contributed by atoms with Crippen molar-refractivity contribution in [1.82, 2.24) is 4.90 Å². The summed E-state index contributed by atoms with van der Waals surface area (Å²) in [6.45, 7) is 2.01. The van der Waals surface area contributed by atoms with Gasteiger partial charge in [0.05, 0.1) is 0 Å². The summed E-state index contributed by atoms with van der Waals surface area (Å²) in [5.41, 5.74) is 4.31. The van der Waals surface area contributed by atoms with Crippen molar-refractivity contribution >= 4 is 29.3 Å². The molecule has 118 valence electrons. The van der Waals surface area contributed by atoms with E-state index in [1.54, 1.807) is 12.1 Å². The quantitative estimate of drug-likeness (QED) is 0.865. The second-order valence-electron chi connectivity index (χ2n) is 5.82. The number of anilines is 1. The van der Waals surface area contributed by atoms with E-state index in [-0.39, 0.29) is 5.91 Å². The van der Waals surface area contributed by atoms with Crippen LogP contribution in [0.2, 0.25) is 5.02 Å². The zero-order valence-corrected chi connectivity index (χ0v) is 13.8. The summed E-state index contributed by atoms with van der Waals surface area (Å²) >= 11 is 6.07. The number of fused-ring (bicyclic) bond motifs is 1. The molecule has 0 fully saturated rings. The molecule has 0 spiro atoms.